The first-order chi connectivity index (χ1) is 12.6. The minimum atomic E-state index is -0.534. The molecule has 0 heterocycles. The molecule has 26 heavy (non-hydrogen) atoms. The lowest BCUT2D eigenvalue weighted by Gasteiger charge is -2.06. The first-order valence-electron chi connectivity index (χ1n) is 8.76. The van der Waals surface area contributed by atoms with E-state index in [1.54, 1.807) is 12.1 Å². The fourth-order valence-electron chi connectivity index (χ4n) is 2.89. The van der Waals surface area contributed by atoms with Gasteiger partial charge in [-0.3, -0.25) is 0 Å². The third-order valence-electron chi connectivity index (χ3n) is 4.35. The molecule has 0 saturated heterocycles. The smallest absolute Gasteiger partial charge is 0.146 e. The van der Waals surface area contributed by atoms with Crippen LogP contribution in [0.3, 0.4) is 0 Å². The van der Waals surface area contributed by atoms with Crippen molar-refractivity contribution >= 4 is 22.4 Å². The van der Waals surface area contributed by atoms with Gasteiger partial charge in [-0.2, -0.15) is 0 Å². The molecule has 0 aliphatic heterocycles. The first kappa shape index (κ1) is 18.4. The van der Waals surface area contributed by atoms with Gasteiger partial charge >= 0.3 is 0 Å². The summed E-state index contributed by atoms with van der Waals surface area (Å²) in [4.78, 5) is 0. The molecule has 0 N–H and O–H groups in total. The predicted molar refractivity (Wildman–Crippen MR) is 105 cm³/mol. The highest BCUT2D eigenvalue weighted by Crippen LogP contribution is 2.23. The van der Waals surface area contributed by atoms with Gasteiger partial charge in [0.05, 0.1) is 10.6 Å². The van der Waals surface area contributed by atoms with Gasteiger partial charge in [0.25, 0.3) is 0 Å². The van der Waals surface area contributed by atoms with Crippen LogP contribution in [-0.4, -0.2) is 0 Å². The second-order valence-electron chi connectivity index (χ2n) is 6.32. The van der Waals surface area contributed by atoms with Crippen LogP contribution < -0.4 is 0 Å². The average molecular weight is 369 g/mol. The average Bonchev–Trinajstić information content (AvgIpc) is 2.64. The Morgan fingerprint density at radius 2 is 1.77 bits per heavy atom. The van der Waals surface area contributed by atoms with Crippen LogP contribution in [0.25, 0.3) is 10.8 Å². The van der Waals surface area contributed by atoms with Crippen molar-refractivity contribution in [3.05, 3.63) is 81.9 Å². The summed E-state index contributed by atoms with van der Waals surface area (Å²) in [6.45, 7) is 2.18. The van der Waals surface area contributed by atoms with Crippen molar-refractivity contribution < 1.29 is 8.78 Å². The number of halogens is 3. The molecule has 0 aliphatic rings. The van der Waals surface area contributed by atoms with Gasteiger partial charge in [0.15, 0.2) is 0 Å². The first-order valence-corrected chi connectivity index (χ1v) is 9.14. The normalized spacial score (nSPS) is 10.6. The molecule has 0 nitrogen and oxygen atoms in total. The van der Waals surface area contributed by atoms with Gasteiger partial charge in [0.1, 0.15) is 11.6 Å². The standard InChI is InChI=1S/C23H19ClF2/c1-2-3-4-5-16-7-12-20-19(14-16)11-10-18(23(20)26)9-6-17-8-13-21(24)22(25)15-17/h7-8,10-15H,2-5H2,1H3. The van der Waals surface area contributed by atoms with Gasteiger partial charge in [-0.15, -0.1) is 0 Å². The molecule has 0 aromatic heterocycles. The molecule has 3 heteroatoms. The monoisotopic (exact) mass is 368 g/mol. The lowest BCUT2D eigenvalue weighted by atomic mass is 10.0. The minimum Gasteiger partial charge on any atom is -0.205 e. The molecule has 0 atom stereocenters. The molecule has 0 amide bonds. The number of hydrogen-bond donors (Lipinski definition) is 0. The molecule has 0 unspecified atom stereocenters. The molecule has 0 spiro atoms. The third-order valence-corrected chi connectivity index (χ3v) is 4.66. The molecule has 3 rings (SSSR count). The number of rotatable bonds is 4. The molecule has 0 bridgehead atoms. The molecule has 3 aromatic rings. The van der Waals surface area contributed by atoms with E-state index in [1.165, 1.54) is 30.5 Å². The van der Waals surface area contributed by atoms with E-state index in [9.17, 15) is 8.78 Å². The second-order valence-corrected chi connectivity index (χ2v) is 6.73. The van der Waals surface area contributed by atoms with Crippen LogP contribution in [0.5, 0.6) is 0 Å². The van der Waals surface area contributed by atoms with E-state index in [4.69, 9.17) is 11.6 Å². The highest BCUT2D eigenvalue weighted by Gasteiger charge is 2.07. The summed E-state index contributed by atoms with van der Waals surface area (Å²) in [6.07, 6.45) is 4.54. The Morgan fingerprint density at radius 1 is 0.923 bits per heavy atom. The Balaban J connectivity index is 1.88. The Bertz CT molecular complexity index is 996. The summed E-state index contributed by atoms with van der Waals surface area (Å²) in [5, 5.41) is 1.47. The Labute approximate surface area is 157 Å². The zero-order valence-corrected chi connectivity index (χ0v) is 15.3. The van der Waals surface area contributed by atoms with Crippen LogP contribution in [0.4, 0.5) is 8.78 Å². The van der Waals surface area contributed by atoms with Crippen molar-refractivity contribution in [1.82, 2.24) is 0 Å². The number of hydrogen-bond acceptors (Lipinski definition) is 0. The lowest BCUT2D eigenvalue weighted by Crippen LogP contribution is -1.90. The zero-order valence-electron chi connectivity index (χ0n) is 14.6. The molecule has 132 valence electrons. The van der Waals surface area contributed by atoms with E-state index in [2.05, 4.69) is 18.8 Å². The van der Waals surface area contributed by atoms with Crippen molar-refractivity contribution in [3.63, 3.8) is 0 Å². The van der Waals surface area contributed by atoms with Gasteiger partial charge in [-0.25, -0.2) is 8.78 Å². The fraction of sp³-hybridized carbons (Fsp3) is 0.217. The quantitative estimate of drug-likeness (QED) is 0.347. The fourth-order valence-corrected chi connectivity index (χ4v) is 3.00. The van der Waals surface area contributed by atoms with E-state index in [0.717, 1.165) is 18.2 Å². The van der Waals surface area contributed by atoms with Crippen LogP contribution in [-0.2, 0) is 6.42 Å². The molecule has 0 radical (unpaired) electrons. The SMILES string of the molecule is CCCCCc1ccc2c(F)c(C#Cc3ccc(Cl)c(F)c3)ccc2c1. The number of benzene rings is 3. The highest BCUT2D eigenvalue weighted by atomic mass is 35.5. The zero-order chi connectivity index (χ0) is 18.5. The largest absolute Gasteiger partial charge is 0.205 e. The van der Waals surface area contributed by atoms with E-state index >= 15 is 0 Å². The molecule has 0 aliphatic carbocycles. The third kappa shape index (κ3) is 4.23. The van der Waals surface area contributed by atoms with Gasteiger partial charge in [0, 0.05) is 10.9 Å². The number of aryl methyl sites for hydroxylation is 1. The van der Waals surface area contributed by atoms with E-state index < -0.39 is 5.82 Å². The van der Waals surface area contributed by atoms with Gasteiger partial charge in [-0.1, -0.05) is 67.5 Å². The Hall–Kier alpha value is -2.37. The lowest BCUT2D eigenvalue weighted by molar-refractivity contribution is 0.628. The maximum Gasteiger partial charge on any atom is 0.146 e. The Kier molecular flexibility index (Phi) is 5.91. The maximum atomic E-state index is 14.8. The number of fused-ring (bicyclic) bond motifs is 1. The van der Waals surface area contributed by atoms with Crippen molar-refractivity contribution in [2.24, 2.45) is 0 Å². The minimum absolute atomic E-state index is 0.0437. The number of unbranched alkanes of at least 4 members (excludes halogenated alkanes) is 2. The Morgan fingerprint density at radius 3 is 2.54 bits per heavy atom. The van der Waals surface area contributed by atoms with Gasteiger partial charge < -0.3 is 0 Å². The van der Waals surface area contributed by atoms with E-state index in [1.807, 2.05) is 24.3 Å². The van der Waals surface area contributed by atoms with Gasteiger partial charge in [-0.05, 0) is 48.1 Å². The van der Waals surface area contributed by atoms with Crippen LogP contribution >= 0.6 is 11.6 Å². The van der Waals surface area contributed by atoms with Crippen molar-refractivity contribution in [3.8, 4) is 11.8 Å². The molecule has 0 fully saturated rings. The van der Waals surface area contributed by atoms with Crippen molar-refractivity contribution in [1.29, 1.82) is 0 Å². The molecular weight excluding hydrogens is 350 g/mol. The predicted octanol–water partition coefficient (Wildman–Crippen LogP) is 6.90. The summed E-state index contributed by atoms with van der Waals surface area (Å²) in [5.41, 5.74) is 1.98. The summed E-state index contributed by atoms with van der Waals surface area (Å²) in [7, 11) is 0. The van der Waals surface area contributed by atoms with E-state index in [0.29, 0.717) is 16.5 Å². The van der Waals surface area contributed by atoms with Crippen LogP contribution in [0.1, 0.15) is 42.9 Å². The van der Waals surface area contributed by atoms with E-state index in [-0.39, 0.29) is 10.8 Å². The topological polar surface area (TPSA) is 0 Å². The van der Waals surface area contributed by atoms with Crippen LogP contribution in [0.15, 0.2) is 48.5 Å². The van der Waals surface area contributed by atoms with Gasteiger partial charge in [0.2, 0.25) is 0 Å². The van der Waals surface area contributed by atoms with Crippen LogP contribution in [0, 0.1) is 23.5 Å². The van der Waals surface area contributed by atoms with Crippen molar-refractivity contribution in [2.75, 3.05) is 0 Å². The molecule has 3 aromatic carbocycles. The molecular formula is C23H19ClF2. The van der Waals surface area contributed by atoms with Crippen LogP contribution in [0.2, 0.25) is 5.02 Å². The highest BCUT2D eigenvalue weighted by molar-refractivity contribution is 6.30. The summed E-state index contributed by atoms with van der Waals surface area (Å²) >= 11 is 5.66. The summed E-state index contributed by atoms with van der Waals surface area (Å²) in [5.74, 6) is 4.70. The maximum absolute atomic E-state index is 14.8. The second kappa shape index (κ2) is 8.34. The summed E-state index contributed by atoms with van der Waals surface area (Å²) in [6, 6.07) is 13.7. The molecule has 0 saturated carbocycles. The van der Waals surface area contributed by atoms with Crippen molar-refractivity contribution in [2.45, 2.75) is 32.6 Å². The summed E-state index contributed by atoms with van der Waals surface area (Å²) < 4.78 is 28.2.